The Bertz CT molecular complexity index is 961. The van der Waals surface area contributed by atoms with E-state index in [2.05, 4.69) is 4.99 Å². The van der Waals surface area contributed by atoms with E-state index in [0.29, 0.717) is 21.2 Å². The van der Waals surface area contributed by atoms with E-state index in [9.17, 15) is 15.0 Å². The largest absolute Gasteiger partial charge is 0.507 e. The molecule has 27 heavy (non-hydrogen) atoms. The molecule has 138 valence electrons. The number of phenolic OH excluding ortho intramolecular Hbond substituents is 1. The molecule has 2 aromatic carbocycles. The average molecular weight is 381 g/mol. The third-order valence-corrected chi connectivity index (χ3v) is 4.93. The molecule has 0 aliphatic carbocycles. The van der Waals surface area contributed by atoms with Crippen LogP contribution in [0.25, 0.3) is 6.08 Å². The molecule has 0 bridgehead atoms. The molecule has 0 radical (unpaired) electrons. The van der Waals surface area contributed by atoms with Crippen LogP contribution in [0.4, 0.5) is 5.69 Å². The van der Waals surface area contributed by atoms with Crippen LogP contribution in [0.5, 0.6) is 5.75 Å². The fraction of sp³-hybridized carbons (Fsp3) is 0.143. The van der Waals surface area contributed by atoms with Crippen LogP contribution < -0.4 is 0 Å². The van der Waals surface area contributed by atoms with Crippen LogP contribution in [-0.2, 0) is 9.53 Å². The summed E-state index contributed by atoms with van der Waals surface area (Å²) < 4.78 is 5.08. The fourth-order valence-corrected chi connectivity index (χ4v) is 3.58. The maximum atomic E-state index is 12.4. The molecule has 0 spiro atoms. The van der Waals surface area contributed by atoms with E-state index in [1.54, 1.807) is 32.1 Å². The molecule has 0 saturated carbocycles. The van der Waals surface area contributed by atoms with Crippen molar-refractivity contribution in [1.29, 1.82) is 0 Å². The van der Waals surface area contributed by atoms with Gasteiger partial charge in [0.2, 0.25) is 0 Å². The normalized spacial score (nSPS) is 17.0. The number of hydrogen-bond donors (Lipinski definition) is 2. The first-order valence-electron chi connectivity index (χ1n) is 8.44. The van der Waals surface area contributed by atoms with Crippen molar-refractivity contribution in [3.8, 4) is 5.75 Å². The second-order valence-electron chi connectivity index (χ2n) is 5.82. The minimum Gasteiger partial charge on any atom is -0.507 e. The molecule has 5 nitrogen and oxygen atoms in total. The Morgan fingerprint density at radius 1 is 1.15 bits per heavy atom. The van der Waals surface area contributed by atoms with E-state index in [-0.39, 0.29) is 23.7 Å². The molecular formula is C21H19NO4S. The lowest BCUT2D eigenvalue weighted by Gasteiger charge is -2.04. The lowest BCUT2D eigenvalue weighted by atomic mass is 10.1. The highest BCUT2D eigenvalue weighted by atomic mass is 32.2. The van der Waals surface area contributed by atoms with Gasteiger partial charge in [0, 0.05) is 5.56 Å². The quantitative estimate of drug-likeness (QED) is 0.737. The summed E-state index contributed by atoms with van der Waals surface area (Å²) in [6, 6.07) is 14.5. The molecule has 0 saturated heterocycles. The number of esters is 1. The van der Waals surface area contributed by atoms with Crippen LogP contribution >= 0.6 is 11.8 Å². The first-order valence-corrected chi connectivity index (χ1v) is 9.26. The number of benzene rings is 2. The SMILES string of the molecule is CCOC(=O)C1=C(O)/C(=C\c2cccc(C)c2O)SC1=Nc1ccccc1. The average Bonchev–Trinajstić information content (AvgIpc) is 2.95. The van der Waals surface area contributed by atoms with Crippen molar-refractivity contribution in [1.82, 2.24) is 0 Å². The lowest BCUT2D eigenvalue weighted by Crippen LogP contribution is -2.12. The summed E-state index contributed by atoms with van der Waals surface area (Å²) in [6.07, 6.45) is 1.63. The lowest BCUT2D eigenvalue weighted by molar-refractivity contribution is -0.138. The number of rotatable bonds is 4. The number of nitrogens with zero attached hydrogens (tertiary/aromatic N) is 1. The van der Waals surface area contributed by atoms with Gasteiger partial charge in [-0.05, 0) is 37.6 Å². The monoisotopic (exact) mass is 381 g/mol. The molecular weight excluding hydrogens is 362 g/mol. The number of carbonyl (C=O) groups excluding carboxylic acids is 1. The van der Waals surface area contributed by atoms with Crippen molar-refractivity contribution in [2.75, 3.05) is 6.61 Å². The molecule has 2 N–H and O–H groups in total. The van der Waals surface area contributed by atoms with Crippen molar-refractivity contribution in [3.05, 3.63) is 75.9 Å². The van der Waals surface area contributed by atoms with Crippen LogP contribution in [0.3, 0.4) is 0 Å². The Balaban J connectivity index is 2.07. The molecule has 0 amide bonds. The molecule has 3 rings (SSSR count). The van der Waals surface area contributed by atoms with E-state index in [1.807, 2.05) is 36.4 Å². The van der Waals surface area contributed by atoms with Crippen LogP contribution in [0.15, 0.2) is 69.8 Å². The predicted octanol–water partition coefficient (Wildman–Crippen LogP) is 4.89. The van der Waals surface area contributed by atoms with Gasteiger partial charge in [-0.3, -0.25) is 0 Å². The van der Waals surface area contributed by atoms with Gasteiger partial charge in [0.15, 0.2) is 0 Å². The van der Waals surface area contributed by atoms with Crippen LogP contribution in [0, 0.1) is 6.92 Å². The van der Waals surface area contributed by atoms with E-state index < -0.39 is 5.97 Å². The zero-order valence-corrected chi connectivity index (χ0v) is 15.8. The zero-order valence-electron chi connectivity index (χ0n) is 15.0. The summed E-state index contributed by atoms with van der Waals surface area (Å²) >= 11 is 1.16. The topological polar surface area (TPSA) is 79.1 Å². The van der Waals surface area contributed by atoms with Crippen molar-refractivity contribution in [3.63, 3.8) is 0 Å². The van der Waals surface area contributed by atoms with E-state index in [1.165, 1.54) is 0 Å². The van der Waals surface area contributed by atoms with Gasteiger partial charge in [-0.25, -0.2) is 9.79 Å². The Morgan fingerprint density at radius 3 is 2.59 bits per heavy atom. The van der Waals surface area contributed by atoms with E-state index in [0.717, 1.165) is 17.3 Å². The van der Waals surface area contributed by atoms with Gasteiger partial charge < -0.3 is 14.9 Å². The molecule has 1 aliphatic heterocycles. The predicted molar refractivity (Wildman–Crippen MR) is 108 cm³/mol. The summed E-state index contributed by atoms with van der Waals surface area (Å²) in [5.41, 5.74) is 1.96. The van der Waals surface area contributed by atoms with Crippen molar-refractivity contribution in [2.45, 2.75) is 13.8 Å². The number of carbonyl (C=O) groups is 1. The van der Waals surface area contributed by atoms with Crippen molar-refractivity contribution in [2.24, 2.45) is 4.99 Å². The maximum absolute atomic E-state index is 12.4. The van der Waals surface area contributed by atoms with Crippen LogP contribution in [0.1, 0.15) is 18.1 Å². The number of aliphatic hydroxyl groups excluding tert-OH is 1. The van der Waals surface area contributed by atoms with Crippen molar-refractivity contribution >= 4 is 34.5 Å². The van der Waals surface area contributed by atoms with Gasteiger partial charge in [0.1, 0.15) is 22.1 Å². The number of aromatic hydroxyl groups is 1. The first-order chi connectivity index (χ1) is 13.0. The van der Waals surface area contributed by atoms with Gasteiger partial charge in [0.05, 0.1) is 17.2 Å². The third kappa shape index (κ3) is 4.06. The summed E-state index contributed by atoms with van der Waals surface area (Å²) in [6.45, 7) is 3.69. The number of hydrogen-bond acceptors (Lipinski definition) is 6. The minimum atomic E-state index is -0.631. The number of aryl methyl sites for hydroxylation is 1. The standard InChI is InChI=1S/C21H19NO4S/c1-3-26-21(25)17-19(24)16(12-14-9-7-8-13(2)18(14)23)27-20(17)22-15-10-5-4-6-11-15/h4-12,23-24H,3H2,1-2H3/b16-12+,22-20?. The number of aliphatic imine (C=N–C) groups is 1. The molecule has 1 heterocycles. The zero-order chi connectivity index (χ0) is 19.4. The Labute approximate surface area is 161 Å². The molecule has 0 atom stereocenters. The number of thioether (sulfide) groups is 1. The third-order valence-electron chi connectivity index (χ3n) is 3.91. The Morgan fingerprint density at radius 2 is 1.89 bits per heavy atom. The summed E-state index contributed by atoms with van der Waals surface area (Å²) in [4.78, 5) is 17.3. The number of ether oxygens (including phenoxy) is 1. The summed E-state index contributed by atoms with van der Waals surface area (Å²) in [5, 5.41) is 21.2. The molecule has 0 unspecified atom stereocenters. The van der Waals surface area contributed by atoms with Gasteiger partial charge in [-0.1, -0.05) is 48.2 Å². The van der Waals surface area contributed by atoms with Crippen LogP contribution in [0.2, 0.25) is 0 Å². The summed E-state index contributed by atoms with van der Waals surface area (Å²) in [5.74, 6) is -0.701. The highest BCUT2D eigenvalue weighted by Gasteiger charge is 2.33. The second kappa shape index (κ2) is 8.14. The molecule has 6 heteroatoms. The first kappa shape index (κ1) is 18.8. The molecule has 2 aromatic rings. The highest BCUT2D eigenvalue weighted by Crippen LogP contribution is 2.41. The Hall–Kier alpha value is -2.99. The smallest absolute Gasteiger partial charge is 0.344 e. The van der Waals surface area contributed by atoms with E-state index >= 15 is 0 Å². The maximum Gasteiger partial charge on any atom is 0.344 e. The van der Waals surface area contributed by atoms with Gasteiger partial charge in [0.25, 0.3) is 0 Å². The van der Waals surface area contributed by atoms with Gasteiger partial charge >= 0.3 is 5.97 Å². The molecule has 1 aliphatic rings. The number of aliphatic hydroxyl groups is 1. The van der Waals surface area contributed by atoms with Crippen molar-refractivity contribution < 1.29 is 19.7 Å². The van der Waals surface area contributed by atoms with E-state index in [4.69, 9.17) is 4.74 Å². The molecule has 0 fully saturated rings. The fourth-order valence-electron chi connectivity index (χ4n) is 2.55. The van der Waals surface area contributed by atoms with Gasteiger partial charge in [-0.15, -0.1) is 0 Å². The van der Waals surface area contributed by atoms with Crippen LogP contribution in [-0.4, -0.2) is 27.8 Å². The Kier molecular flexibility index (Phi) is 5.66. The highest BCUT2D eigenvalue weighted by molar-refractivity contribution is 8.18. The van der Waals surface area contributed by atoms with Gasteiger partial charge in [-0.2, -0.15) is 0 Å². The summed E-state index contributed by atoms with van der Waals surface area (Å²) in [7, 11) is 0. The minimum absolute atomic E-state index is 0.0316. The number of phenols is 1. The second-order valence-corrected chi connectivity index (χ2v) is 6.85. The number of para-hydroxylation sites is 2. The molecule has 0 aromatic heterocycles.